The van der Waals surface area contributed by atoms with Gasteiger partial charge in [0, 0.05) is 29.9 Å². The zero-order valence-corrected chi connectivity index (χ0v) is 22.3. The largest absolute Gasteiger partial charge is 0.503 e. The number of quaternary nitrogens is 1. The topological polar surface area (TPSA) is 98.7 Å². The van der Waals surface area contributed by atoms with Crippen LogP contribution in [0.4, 0.5) is 16.2 Å². The van der Waals surface area contributed by atoms with Crippen molar-refractivity contribution in [3.05, 3.63) is 59.2 Å². The van der Waals surface area contributed by atoms with Crippen LogP contribution in [-0.2, 0) is 11.3 Å². The zero-order valence-electron chi connectivity index (χ0n) is 22.3. The first-order valence-electron chi connectivity index (χ1n) is 13.2. The van der Waals surface area contributed by atoms with Gasteiger partial charge in [0.1, 0.15) is 6.54 Å². The fourth-order valence-corrected chi connectivity index (χ4v) is 5.37. The zero-order chi connectivity index (χ0) is 26.6. The number of carbonyl (C=O) groups is 2. The van der Waals surface area contributed by atoms with Gasteiger partial charge in [-0.1, -0.05) is 50.6 Å². The van der Waals surface area contributed by atoms with E-state index in [-0.39, 0.29) is 11.9 Å². The van der Waals surface area contributed by atoms with Gasteiger partial charge < -0.3 is 25.3 Å². The Bertz CT molecular complexity index is 945. The number of likely N-dealkylation sites (tertiary alicyclic amines) is 1. The van der Waals surface area contributed by atoms with E-state index in [0.717, 1.165) is 66.0 Å². The quantitative estimate of drug-likeness (QED) is 0.217. The van der Waals surface area contributed by atoms with Crippen LogP contribution in [-0.4, -0.2) is 52.4 Å². The summed E-state index contributed by atoms with van der Waals surface area (Å²) in [6.45, 7) is 12.7. The summed E-state index contributed by atoms with van der Waals surface area (Å²) >= 11 is 0. The first kappa shape index (κ1) is 29.2. The van der Waals surface area contributed by atoms with E-state index < -0.39 is 6.16 Å². The molecule has 0 aromatic heterocycles. The maximum atomic E-state index is 13.7. The normalized spacial score (nSPS) is 15.2. The summed E-state index contributed by atoms with van der Waals surface area (Å²) in [7, 11) is 0. The van der Waals surface area contributed by atoms with Crippen LogP contribution in [0.15, 0.2) is 42.5 Å². The van der Waals surface area contributed by atoms with Crippen LogP contribution in [0, 0.1) is 13.8 Å². The number of benzene rings is 2. The molecule has 0 aliphatic carbocycles. The van der Waals surface area contributed by atoms with Gasteiger partial charge in [-0.15, -0.1) is 0 Å². The molecular weight excluding hydrogens is 454 g/mol. The van der Waals surface area contributed by atoms with Crippen molar-refractivity contribution >= 4 is 23.4 Å². The highest BCUT2D eigenvalue weighted by Crippen LogP contribution is 2.31. The number of nitrogens with one attached hydrogen (secondary N) is 2. The van der Waals surface area contributed by atoms with Crippen LogP contribution in [0.1, 0.15) is 69.1 Å². The second kappa shape index (κ2) is 14.5. The number of unbranched alkanes of at least 4 members (excludes halogenated alkanes) is 1. The molecule has 36 heavy (non-hydrogen) atoms. The molecule has 1 atom stereocenters. The van der Waals surface area contributed by atoms with Gasteiger partial charge in [-0.3, -0.25) is 4.79 Å². The monoisotopic (exact) mass is 498 g/mol. The maximum Gasteiger partial charge on any atom is 0.503 e. The van der Waals surface area contributed by atoms with Crippen molar-refractivity contribution < 1.29 is 24.3 Å². The van der Waals surface area contributed by atoms with E-state index in [4.69, 9.17) is 15.0 Å². The summed E-state index contributed by atoms with van der Waals surface area (Å²) in [6, 6.07) is 15.0. The molecule has 1 amide bonds. The summed E-state index contributed by atoms with van der Waals surface area (Å²) in [6.07, 6.45) is 5.04. The van der Waals surface area contributed by atoms with E-state index in [9.17, 15) is 4.79 Å². The van der Waals surface area contributed by atoms with Gasteiger partial charge in [0.05, 0.1) is 13.1 Å². The third-order valence-corrected chi connectivity index (χ3v) is 7.04. The molecule has 1 unspecified atom stereocenters. The van der Waals surface area contributed by atoms with Gasteiger partial charge in [-0.05, 0) is 62.8 Å². The van der Waals surface area contributed by atoms with Crippen molar-refractivity contribution in [3.8, 4) is 0 Å². The SMILES string of the molecule is CCCCNc1cc(C)c(NC(=O)C(CC)[N+]2(Cc3ccccc3)CCCCC2)c(C)c1.O=C(O)O. The lowest BCUT2D eigenvalue weighted by Gasteiger charge is -2.46. The third-order valence-electron chi connectivity index (χ3n) is 7.04. The van der Waals surface area contributed by atoms with Gasteiger partial charge in [0.15, 0.2) is 6.04 Å². The summed E-state index contributed by atoms with van der Waals surface area (Å²) in [5, 5.41) is 20.8. The highest BCUT2D eigenvalue weighted by molar-refractivity contribution is 5.95. The highest BCUT2D eigenvalue weighted by Gasteiger charge is 2.42. The summed E-state index contributed by atoms with van der Waals surface area (Å²) in [5.41, 5.74) is 5.70. The third kappa shape index (κ3) is 8.55. The minimum Gasteiger partial charge on any atom is -0.450 e. The van der Waals surface area contributed by atoms with Crippen LogP contribution < -0.4 is 10.6 Å². The number of amides is 1. The van der Waals surface area contributed by atoms with E-state index >= 15 is 0 Å². The van der Waals surface area contributed by atoms with Crippen LogP contribution in [0.25, 0.3) is 0 Å². The highest BCUT2D eigenvalue weighted by atomic mass is 16.6. The Labute approximate surface area is 216 Å². The first-order chi connectivity index (χ1) is 17.2. The Kier molecular flexibility index (Phi) is 11.7. The van der Waals surface area contributed by atoms with E-state index in [2.05, 4.69) is 80.8 Å². The van der Waals surface area contributed by atoms with E-state index in [1.54, 1.807) is 0 Å². The Hall–Kier alpha value is -3.06. The van der Waals surface area contributed by atoms with Crippen LogP contribution in [0.2, 0.25) is 0 Å². The molecule has 7 heteroatoms. The Morgan fingerprint density at radius 3 is 2.08 bits per heavy atom. The van der Waals surface area contributed by atoms with Crippen molar-refractivity contribution in [2.24, 2.45) is 0 Å². The number of carboxylic acid groups (broad SMARTS) is 2. The Balaban J connectivity index is 0.00000106. The van der Waals surface area contributed by atoms with Crippen molar-refractivity contribution in [2.45, 2.75) is 78.8 Å². The second-order valence-electron chi connectivity index (χ2n) is 9.83. The predicted octanol–water partition coefficient (Wildman–Crippen LogP) is 6.66. The number of aryl methyl sites for hydroxylation is 2. The minimum atomic E-state index is -1.83. The number of hydrogen-bond acceptors (Lipinski definition) is 3. The van der Waals surface area contributed by atoms with Gasteiger partial charge in [-0.2, -0.15) is 0 Å². The number of piperidine rings is 1. The lowest BCUT2D eigenvalue weighted by atomic mass is 9.98. The van der Waals surface area contributed by atoms with Gasteiger partial charge in [-0.25, -0.2) is 4.79 Å². The number of rotatable bonds is 10. The molecule has 1 fully saturated rings. The van der Waals surface area contributed by atoms with E-state index in [1.165, 1.54) is 31.2 Å². The van der Waals surface area contributed by atoms with Crippen molar-refractivity contribution in [2.75, 3.05) is 30.3 Å². The average molecular weight is 499 g/mol. The van der Waals surface area contributed by atoms with Gasteiger partial charge in [0.25, 0.3) is 5.91 Å². The van der Waals surface area contributed by atoms with E-state index in [1.807, 2.05) is 0 Å². The minimum absolute atomic E-state index is 0.0309. The molecule has 4 N–H and O–H groups in total. The van der Waals surface area contributed by atoms with Crippen LogP contribution >= 0.6 is 0 Å². The average Bonchev–Trinajstić information content (AvgIpc) is 2.83. The molecule has 2 aromatic carbocycles. The van der Waals surface area contributed by atoms with Crippen molar-refractivity contribution in [1.82, 2.24) is 0 Å². The predicted molar refractivity (Wildman–Crippen MR) is 147 cm³/mol. The smallest absolute Gasteiger partial charge is 0.450 e. The molecule has 3 rings (SSSR count). The number of anilines is 2. The van der Waals surface area contributed by atoms with Crippen LogP contribution in [0.3, 0.4) is 0 Å². The van der Waals surface area contributed by atoms with Gasteiger partial charge >= 0.3 is 6.16 Å². The Morgan fingerprint density at radius 2 is 1.56 bits per heavy atom. The summed E-state index contributed by atoms with van der Waals surface area (Å²) in [5.74, 6) is 0.170. The molecule has 0 saturated carbocycles. The van der Waals surface area contributed by atoms with Gasteiger partial charge in [0.2, 0.25) is 0 Å². The lowest BCUT2D eigenvalue weighted by molar-refractivity contribution is -0.959. The first-order valence-corrected chi connectivity index (χ1v) is 13.2. The summed E-state index contributed by atoms with van der Waals surface area (Å²) < 4.78 is 0.876. The molecule has 7 nitrogen and oxygen atoms in total. The lowest BCUT2D eigenvalue weighted by Crippen LogP contribution is -2.61. The molecule has 0 spiro atoms. The number of carbonyl (C=O) groups excluding carboxylic acids is 1. The molecular formula is C29H44N3O4+. The molecule has 1 heterocycles. The maximum absolute atomic E-state index is 13.7. The molecule has 0 bridgehead atoms. The number of hydrogen-bond donors (Lipinski definition) is 4. The van der Waals surface area contributed by atoms with Crippen molar-refractivity contribution in [3.63, 3.8) is 0 Å². The van der Waals surface area contributed by atoms with Crippen molar-refractivity contribution in [1.29, 1.82) is 0 Å². The molecule has 2 aromatic rings. The summed E-state index contributed by atoms with van der Waals surface area (Å²) in [4.78, 5) is 22.3. The molecule has 1 aliphatic rings. The standard InChI is InChI=1S/C28H41N3O.CH2O3/c1-5-7-16-29-25-19-22(3)27(23(4)20-25)30-28(32)26(6-2)31(17-12-9-13-18-31)21-24-14-10-8-11-15-24;2-1(3)4/h8,10-11,14-15,19-20,26,29H,5-7,9,12-13,16-18,21H2,1-4H3;(H2,2,3,4)/p+1. The molecule has 1 aliphatic heterocycles. The number of nitrogens with zero attached hydrogens (tertiary/aromatic N) is 1. The molecule has 198 valence electrons. The molecule has 0 radical (unpaired) electrons. The Morgan fingerprint density at radius 1 is 0.972 bits per heavy atom. The van der Waals surface area contributed by atoms with E-state index in [0.29, 0.717) is 0 Å². The van der Waals surface area contributed by atoms with Crippen LogP contribution in [0.5, 0.6) is 0 Å². The fraction of sp³-hybridized carbons (Fsp3) is 0.517. The fourth-order valence-electron chi connectivity index (χ4n) is 5.37. The second-order valence-corrected chi connectivity index (χ2v) is 9.83. The molecule has 1 saturated heterocycles.